The Bertz CT molecular complexity index is 729. The number of hydrogen-bond donors (Lipinski definition) is 1. The summed E-state index contributed by atoms with van der Waals surface area (Å²) in [7, 11) is 0. The number of benzene rings is 1. The van der Waals surface area contributed by atoms with Crippen molar-refractivity contribution >= 4 is 17.4 Å². The topological polar surface area (TPSA) is 29.9 Å². The van der Waals surface area contributed by atoms with Crippen molar-refractivity contribution in [3.05, 3.63) is 40.0 Å². The van der Waals surface area contributed by atoms with Crippen LogP contribution in [0, 0.1) is 6.92 Å². The van der Waals surface area contributed by atoms with Gasteiger partial charge in [-0.25, -0.2) is 4.68 Å². The molecule has 2 aromatic rings. The van der Waals surface area contributed by atoms with Gasteiger partial charge < -0.3 is 5.32 Å². The molecule has 2 heterocycles. The molecule has 4 heteroatoms. The first kappa shape index (κ1) is 16.0. The Morgan fingerprint density at radius 1 is 1.12 bits per heavy atom. The molecular weight excluding hydrogens is 318 g/mol. The first-order valence-corrected chi connectivity index (χ1v) is 9.74. The number of nitrogens with zero attached hydrogens (tertiary/aromatic N) is 2. The highest BCUT2D eigenvalue weighted by molar-refractivity contribution is 6.31. The lowest BCUT2D eigenvalue weighted by Gasteiger charge is -2.20. The molecule has 3 nitrogen and oxygen atoms in total. The molecule has 128 valence electrons. The zero-order chi connectivity index (χ0) is 16.5. The first-order chi connectivity index (χ1) is 11.7. The molecule has 0 unspecified atom stereocenters. The molecule has 1 aliphatic carbocycles. The van der Waals surface area contributed by atoms with Crippen LogP contribution in [0.15, 0.2) is 18.2 Å². The molecule has 4 rings (SSSR count). The smallest absolute Gasteiger partial charge is 0.133 e. The minimum Gasteiger partial charge on any atom is -0.370 e. The van der Waals surface area contributed by atoms with Crippen molar-refractivity contribution in [3.63, 3.8) is 0 Å². The van der Waals surface area contributed by atoms with E-state index in [4.69, 9.17) is 16.7 Å². The van der Waals surface area contributed by atoms with Crippen LogP contribution < -0.4 is 5.32 Å². The lowest BCUT2D eigenvalue weighted by molar-refractivity contribution is 0.432. The van der Waals surface area contributed by atoms with Crippen molar-refractivity contribution < 1.29 is 0 Å². The largest absolute Gasteiger partial charge is 0.370 e. The quantitative estimate of drug-likeness (QED) is 0.765. The van der Waals surface area contributed by atoms with Crippen molar-refractivity contribution in [2.24, 2.45) is 0 Å². The van der Waals surface area contributed by atoms with E-state index in [1.807, 2.05) is 13.0 Å². The van der Waals surface area contributed by atoms with E-state index in [1.54, 1.807) is 0 Å². The molecule has 24 heavy (non-hydrogen) atoms. The van der Waals surface area contributed by atoms with Crippen LogP contribution in [0.3, 0.4) is 0 Å². The molecule has 1 aromatic heterocycles. The van der Waals surface area contributed by atoms with Crippen molar-refractivity contribution in [2.75, 3.05) is 11.9 Å². The normalized spacial score (nSPS) is 18.8. The number of halogens is 1. The number of rotatable bonds is 2. The lowest BCUT2D eigenvalue weighted by atomic mass is 9.85. The van der Waals surface area contributed by atoms with Gasteiger partial charge in [0.15, 0.2) is 0 Å². The van der Waals surface area contributed by atoms with E-state index in [0.29, 0.717) is 5.92 Å². The van der Waals surface area contributed by atoms with E-state index in [-0.39, 0.29) is 0 Å². The Morgan fingerprint density at radius 2 is 1.96 bits per heavy atom. The highest BCUT2D eigenvalue weighted by Crippen LogP contribution is 2.38. The van der Waals surface area contributed by atoms with Gasteiger partial charge in [-0.2, -0.15) is 5.10 Å². The molecule has 0 spiro atoms. The Morgan fingerprint density at radius 3 is 2.75 bits per heavy atom. The van der Waals surface area contributed by atoms with Crippen LogP contribution in [0.5, 0.6) is 0 Å². The molecule has 0 bridgehead atoms. The molecule has 0 saturated heterocycles. The maximum atomic E-state index is 6.37. The standard InChI is InChI=1S/C20H26ClN3/c1-14-10-11-16(13-18(14)21)24-20-17(9-5-6-12-22-20)19(23-24)15-7-3-2-4-8-15/h10-11,13,15,22H,2-9,12H2,1H3. The summed E-state index contributed by atoms with van der Waals surface area (Å²) in [5, 5.41) is 9.55. The van der Waals surface area contributed by atoms with Crippen molar-refractivity contribution in [3.8, 4) is 5.69 Å². The molecule has 1 saturated carbocycles. The van der Waals surface area contributed by atoms with Gasteiger partial charge in [-0.1, -0.05) is 36.9 Å². The van der Waals surface area contributed by atoms with Crippen LogP contribution in [0.2, 0.25) is 5.02 Å². The van der Waals surface area contributed by atoms with Gasteiger partial charge in [-0.3, -0.25) is 0 Å². The van der Waals surface area contributed by atoms with Gasteiger partial charge in [0.05, 0.1) is 11.4 Å². The summed E-state index contributed by atoms with van der Waals surface area (Å²) >= 11 is 6.37. The van der Waals surface area contributed by atoms with Gasteiger partial charge in [0.1, 0.15) is 5.82 Å². The lowest BCUT2D eigenvalue weighted by Crippen LogP contribution is -2.08. The second kappa shape index (κ2) is 6.79. The molecule has 1 aromatic carbocycles. The van der Waals surface area contributed by atoms with E-state index in [9.17, 15) is 0 Å². The summed E-state index contributed by atoms with van der Waals surface area (Å²) in [6, 6.07) is 6.26. The van der Waals surface area contributed by atoms with Gasteiger partial charge >= 0.3 is 0 Å². The first-order valence-electron chi connectivity index (χ1n) is 9.36. The summed E-state index contributed by atoms with van der Waals surface area (Å²) in [5.41, 5.74) is 4.98. The fraction of sp³-hybridized carbons (Fsp3) is 0.550. The number of aromatic nitrogens is 2. The number of anilines is 1. The second-order valence-electron chi connectivity index (χ2n) is 7.28. The number of hydrogen-bond acceptors (Lipinski definition) is 2. The zero-order valence-electron chi connectivity index (χ0n) is 14.4. The Balaban J connectivity index is 1.81. The van der Waals surface area contributed by atoms with Crippen LogP contribution in [0.1, 0.15) is 67.7 Å². The van der Waals surface area contributed by atoms with E-state index >= 15 is 0 Å². The SMILES string of the molecule is Cc1ccc(-n2nc(C3CCCCC3)c3c2NCCCC3)cc1Cl. The molecule has 0 atom stereocenters. The average Bonchev–Trinajstić information content (AvgIpc) is 2.80. The van der Waals surface area contributed by atoms with Gasteiger partial charge in [-0.15, -0.1) is 0 Å². The predicted octanol–water partition coefficient (Wildman–Crippen LogP) is 5.63. The molecule has 0 amide bonds. The summed E-state index contributed by atoms with van der Waals surface area (Å²) in [6.07, 6.45) is 10.3. The second-order valence-corrected chi connectivity index (χ2v) is 7.68. The molecule has 0 radical (unpaired) electrons. The van der Waals surface area contributed by atoms with E-state index < -0.39 is 0 Å². The van der Waals surface area contributed by atoms with Crippen LogP contribution in [-0.2, 0) is 6.42 Å². The van der Waals surface area contributed by atoms with E-state index in [2.05, 4.69) is 22.1 Å². The fourth-order valence-corrected chi connectivity index (χ4v) is 4.31. The maximum absolute atomic E-state index is 6.37. The summed E-state index contributed by atoms with van der Waals surface area (Å²) in [6.45, 7) is 3.07. The molecule has 2 aliphatic rings. The van der Waals surface area contributed by atoms with Crippen molar-refractivity contribution in [1.29, 1.82) is 0 Å². The number of aryl methyl sites for hydroxylation is 1. The number of fused-ring (bicyclic) bond motifs is 1. The van der Waals surface area contributed by atoms with Crippen LogP contribution in [-0.4, -0.2) is 16.3 Å². The summed E-state index contributed by atoms with van der Waals surface area (Å²) in [4.78, 5) is 0. The highest BCUT2D eigenvalue weighted by atomic mass is 35.5. The maximum Gasteiger partial charge on any atom is 0.133 e. The third-order valence-electron chi connectivity index (χ3n) is 5.55. The van der Waals surface area contributed by atoms with Crippen LogP contribution >= 0.6 is 11.6 Å². The van der Waals surface area contributed by atoms with Gasteiger partial charge in [0, 0.05) is 23.0 Å². The summed E-state index contributed by atoms with van der Waals surface area (Å²) < 4.78 is 2.11. The molecular formula is C20H26ClN3. The number of nitrogens with one attached hydrogen (secondary N) is 1. The van der Waals surface area contributed by atoms with Gasteiger partial charge in [0.2, 0.25) is 0 Å². The minimum absolute atomic E-state index is 0.634. The van der Waals surface area contributed by atoms with Crippen molar-refractivity contribution in [1.82, 2.24) is 9.78 Å². The fourth-order valence-electron chi connectivity index (χ4n) is 4.13. The van der Waals surface area contributed by atoms with E-state index in [0.717, 1.165) is 29.2 Å². The predicted molar refractivity (Wildman–Crippen MR) is 101 cm³/mol. The Labute approximate surface area is 149 Å². The molecule has 1 N–H and O–H groups in total. The van der Waals surface area contributed by atoms with Crippen LogP contribution in [0.4, 0.5) is 5.82 Å². The third-order valence-corrected chi connectivity index (χ3v) is 5.96. The monoisotopic (exact) mass is 343 g/mol. The van der Waals surface area contributed by atoms with Gasteiger partial charge in [-0.05, 0) is 56.7 Å². The summed E-state index contributed by atoms with van der Waals surface area (Å²) in [5.74, 6) is 1.84. The third kappa shape index (κ3) is 2.95. The van der Waals surface area contributed by atoms with E-state index in [1.165, 1.54) is 62.0 Å². The Kier molecular flexibility index (Phi) is 4.53. The van der Waals surface area contributed by atoms with Crippen molar-refractivity contribution in [2.45, 2.75) is 64.2 Å². The zero-order valence-corrected chi connectivity index (χ0v) is 15.2. The molecule has 1 aliphatic heterocycles. The minimum atomic E-state index is 0.634. The Hall–Kier alpha value is -1.48. The molecule has 1 fully saturated rings. The highest BCUT2D eigenvalue weighted by Gasteiger charge is 2.27. The average molecular weight is 344 g/mol. The van der Waals surface area contributed by atoms with Crippen LogP contribution in [0.25, 0.3) is 5.69 Å². The van der Waals surface area contributed by atoms with Gasteiger partial charge in [0.25, 0.3) is 0 Å².